The van der Waals surface area contributed by atoms with Gasteiger partial charge in [-0.3, -0.25) is 14.6 Å². The number of hydrogen-bond acceptors (Lipinski definition) is 10. The highest BCUT2D eigenvalue weighted by Gasteiger charge is 2.39. The Morgan fingerprint density at radius 2 is 1.54 bits per heavy atom. The van der Waals surface area contributed by atoms with Crippen molar-refractivity contribution in [2.45, 2.75) is 90.2 Å². The van der Waals surface area contributed by atoms with Crippen LogP contribution in [0.5, 0.6) is 5.75 Å². The van der Waals surface area contributed by atoms with Crippen molar-refractivity contribution in [1.82, 2.24) is 35.0 Å². The number of imidazole rings is 1. The summed E-state index contributed by atoms with van der Waals surface area (Å²) in [6, 6.07) is 24.3. The van der Waals surface area contributed by atoms with E-state index in [0.29, 0.717) is 13.0 Å². The van der Waals surface area contributed by atoms with Gasteiger partial charge in [0.05, 0.1) is 48.3 Å². The molecule has 5 aromatic rings. The summed E-state index contributed by atoms with van der Waals surface area (Å²) in [5.74, 6) is 1.71. The van der Waals surface area contributed by atoms with E-state index in [2.05, 4.69) is 88.6 Å². The van der Waals surface area contributed by atoms with E-state index < -0.39 is 18.4 Å². The van der Waals surface area contributed by atoms with Gasteiger partial charge in [0.15, 0.2) is 0 Å². The lowest BCUT2D eigenvalue weighted by atomic mass is 9.95. The van der Waals surface area contributed by atoms with Crippen LogP contribution in [-0.4, -0.2) is 99.5 Å². The molecule has 4 aliphatic heterocycles. The summed E-state index contributed by atoms with van der Waals surface area (Å²) in [7, 11) is 3.16. The average Bonchev–Trinajstić information content (AvgIpc) is 4.17. The van der Waals surface area contributed by atoms with Gasteiger partial charge >= 0.3 is 12.2 Å². The Labute approximate surface area is 378 Å². The van der Waals surface area contributed by atoms with Crippen molar-refractivity contribution in [2.75, 3.05) is 27.2 Å². The lowest BCUT2D eigenvalue weighted by Gasteiger charge is -2.31. The SMILES string of the molecule is CN[C@H](C(=O)N1CCC[C@H]1c1ncc(-c2ccc3c(c2)cc2n3[C@H](c3ccccc3)Oc3cc(C4=CN=C([C@@H]5CCCN5C(=O)[C@@H](NC(=O)OC)C(C)C)C4)ccc3-2)[nH]1)C(C)C.O=C=O. The second-order valence-corrected chi connectivity index (χ2v) is 17.7. The van der Waals surface area contributed by atoms with Crippen molar-refractivity contribution >= 4 is 46.2 Å². The summed E-state index contributed by atoms with van der Waals surface area (Å²) < 4.78 is 14.1. The first-order chi connectivity index (χ1) is 31.5. The zero-order valence-electron chi connectivity index (χ0n) is 37.7. The number of aliphatic imine (C=N–C) groups is 1. The number of carbonyl (C=O) groups is 3. The van der Waals surface area contributed by atoms with Crippen LogP contribution < -0.4 is 15.4 Å². The van der Waals surface area contributed by atoms with E-state index in [-0.39, 0.29) is 47.9 Å². The maximum Gasteiger partial charge on any atom is 0.407 e. The summed E-state index contributed by atoms with van der Waals surface area (Å²) >= 11 is 0. The highest BCUT2D eigenvalue weighted by atomic mass is 16.5. The molecule has 2 saturated heterocycles. The number of methoxy groups -OCH3 is 1. The Balaban J connectivity index is 0.00000187. The number of aromatic nitrogens is 3. The van der Waals surface area contributed by atoms with E-state index in [1.54, 1.807) is 0 Å². The molecule has 15 heteroatoms. The van der Waals surface area contributed by atoms with Crippen molar-refractivity contribution in [1.29, 1.82) is 0 Å². The molecule has 0 unspecified atom stereocenters. The summed E-state index contributed by atoms with van der Waals surface area (Å²) in [5.41, 5.74) is 9.13. The van der Waals surface area contributed by atoms with Crippen molar-refractivity contribution in [3.8, 4) is 28.3 Å². The smallest absolute Gasteiger partial charge is 0.407 e. The second-order valence-electron chi connectivity index (χ2n) is 17.7. The molecule has 0 spiro atoms. The number of benzene rings is 3. The predicted molar refractivity (Wildman–Crippen MR) is 245 cm³/mol. The van der Waals surface area contributed by atoms with Crippen LogP contribution in [-0.2, 0) is 23.9 Å². The molecule has 3 N–H and O–H groups in total. The van der Waals surface area contributed by atoms with Gasteiger partial charge in [0.1, 0.15) is 17.6 Å². The van der Waals surface area contributed by atoms with Crippen molar-refractivity contribution in [3.63, 3.8) is 0 Å². The monoisotopic (exact) mass is 880 g/mol. The molecule has 338 valence electrons. The van der Waals surface area contributed by atoms with E-state index in [1.807, 2.05) is 61.3 Å². The number of likely N-dealkylation sites (tertiary alicyclic amines) is 2. The first-order valence-corrected chi connectivity index (χ1v) is 22.4. The maximum atomic E-state index is 13.8. The number of carbonyl (C=O) groups excluding carboxylic acids is 5. The number of aromatic amines is 1. The van der Waals surface area contributed by atoms with Gasteiger partial charge in [-0.1, -0.05) is 70.2 Å². The van der Waals surface area contributed by atoms with Gasteiger partial charge in [0.2, 0.25) is 18.0 Å². The normalized spacial score (nSPS) is 19.7. The standard InChI is InChI=1S/C49H56N8O5.CO2/c1-28(2)43(50-5)46(58)56-21-11-15-40(56)45-52-27-37(53-45)32-17-19-38-33(22-32)24-41-35-18-16-31(25-42(35)62-48(57(38)41)30-12-8-7-9-13-30)34-23-36(51-26-34)39-14-10-20-55(39)47(59)44(29(3)4)54-49(60)61-6;2-1-3/h7-9,12-13,16-19,22,24-29,39-40,43-44,48,50H,10-11,14-15,20-21,23H2,1-6H3,(H,52,53)(H,54,60);/t39-,40-,43-,44-,48-;/m0./s1. The van der Waals surface area contributed by atoms with Crippen LogP contribution in [0.15, 0.2) is 90.2 Å². The lowest BCUT2D eigenvalue weighted by Crippen LogP contribution is -2.53. The van der Waals surface area contributed by atoms with Crippen molar-refractivity contribution in [3.05, 3.63) is 102 Å². The summed E-state index contributed by atoms with van der Waals surface area (Å²) in [4.78, 5) is 72.9. The van der Waals surface area contributed by atoms with Crippen LogP contribution in [0.1, 0.15) is 89.0 Å². The molecule has 0 saturated carbocycles. The minimum Gasteiger partial charge on any atom is -0.465 e. The summed E-state index contributed by atoms with van der Waals surface area (Å²) in [6.45, 7) is 9.34. The molecule has 0 bridgehead atoms. The number of allylic oxidation sites excluding steroid dienone is 1. The van der Waals surface area contributed by atoms with E-state index in [9.17, 15) is 14.4 Å². The number of H-pyrrole nitrogens is 1. The molecule has 3 amide bonds. The first-order valence-electron chi connectivity index (χ1n) is 22.4. The van der Waals surface area contributed by atoms with Crippen LogP contribution in [0, 0.1) is 11.8 Å². The first kappa shape index (κ1) is 44.8. The molecule has 2 aromatic heterocycles. The minimum atomic E-state index is -0.680. The molecule has 2 fully saturated rings. The van der Waals surface area contributed by atoms with Crippen LogP contribution in [0.3, 0.4) is 0 Å². The van der Waals surface area contributed by atoms with Crippen LogP contribution in [0.25, 0.3) is 39.0 Å². The fourth-order valence-corrected chi connectivity index (χ4v) is 9.87. The van der Waals surface area contributed by atoms with Gasteiger partial charge in [0, 0.05) is 53.5 Å². The second kappa shape index (κ2) is 19.1. The van der Waals surface area contributed by atoms with Gasteiger partial charge in [-0.15, -0.1) is 0 Å². The molecule has 3 aromatic carbocycles. The molecule has 65 heavy (non-hydrogen) atoms. The third kappa shape index (κ3) is 8.73. The number of nitrogens with one attached hydrogen (secondary N) is 3. The van der Waals surface area contributed by atoms with E-state index in [1.165, 1.54) is 7.11 Å². The fourth-order valence-electron chi connectivity index (χ4n) is 9.87. The van der Waals surface area contributed by atoms with Gasteiger partial charge in [-0.2, -0.15) is 9.59 Å². The van der Waals surface area contributed by atoms with E-state index in [0.717, 1.165) is 99.6 Å². The fraction of sp³-hybridized carbons (Fsp3) is 0.400. The van der Waals surface area contributed by atoms with Gasteiger partial charge in [0.25, 0.3) is 0 Å². The number of hydrogen-bond donors (Lipinski definition) is 3. The van der Waals surface area contributed by atoms with Crippen molar-refractivity contribution < 1.29 is 33.4 Å². The molecule has 4 aliphatic rings. The summed E-state index contributed by atoms with van der Waals surface area (Å²) in [5, 5.41) is 7.04. The zero-order valence-corrected chi connectivity index (χ0v) is 37.7. The molecule has 0 radical (unpaired) electrons. The Morgan fingerprint density at radius 3 is 2.23 bits per heavy atom. The number of rotatable bonds is 11. The number of amides is 3. The minimum absolute atomic E-state index is 0.0828. The Bertz CT molecular complexity index is 2680. The van der Waals surface area contributed by atoms with Crippen molar-refractivity contribution in [2.24, 2.45) is 16.8 Å². The van der Waals surface area contributed by atoms with Crippen LogP contribution in [0.2, 0.25) is 0 Å². The molecule has 9 rings (SSSR count). The van der Waals surface area contributed by atoms with E-state index in [4.69, 9.17) is 29.0 Å². The topological polar surface area (TPSA) is 180 Å². The largest absolute Gasteiger partial charge is 0.465 e. The average molecular weight is 881 g/mol. The Morgan fingerprint density at radius 1 is 0.862 bits per heavy atom. The van der Waals surface area contributed by atoms with Crippen LogP contribution >= 0.6 is 0 Å². The maximum absolute atomic E-state index is 13.8. The highest BCUT2D eigenvalue weighted by Crippen LogP contribution is 2.46. The number of nitrogens with zero attached hydrogens (tertiary/aromatic N) is 5. The molecule has 5 atom stereocenters. The number of alkyl carbamates (subject to hydrolysis) is 1. The van der Waals surface area contributed by atoms with E-state index >= 15 is 0 Å². The van der Waals surface area contributed by atoms with Gasteiger partial charge in [-0.25, -0.2) is 9.78 Å². The molecular formula is C50H56N8O7. The lowest BCUT2D eigenvalue weighted by molar-refractivity contribution is -0.191. The molecule has 6 heterocycles. The van der Waals surface area contributed by atoms with Crippen LogP contribution in [0.4, 0.5) is 4.79 Å². The zero-order chi connectivity index (χ0) is 45.9. The number of ether oxygens (including phenoxy) is 2. The quantitative estimate of drug-likeness (QED) is 0.121. The number of fused-ring (bicyclic) bond motifs is 5. The van der Waals surface area contributed by atoms with Gasteiger partial charge < -0.3 is 39.5 Å². The Hall–Kier alpha value is -6.83. The predicted octanol–water partition coefficient (Wildman–Crippen LogP) is 7.52. The highest BCUT2D eigenvalue weighted by molar-refractivity contribution is 6.04. The molecular weight excluding hydrogens is 825 g/mol. The molecule has 15 nitrogen and oxygen atoms in total. The van der Waals surface area contributed by atoms with Gasteiger partial charge in [-0.05, 0) is 86.0 Å². The number of likely N-dealkylation sites (N-methyl/N-ethyl adjacent to an activating group) is 1. The Kier molecular flexibility index (Phi) is 13.2. The third-order valence-electron chi connectivity index (χ3n) is 13.1. The molecule has 0 aliphatic carbocycles. The summed E-state index contributed by atoms with van der Waals surface area (Å²) in [6.07, 6.45) is 7.19. The third-order valence-corrected chi connectivity index (χ3v) is 13.1.